The van der Waals surface area contributed by atoms with Crippen molar-refractivity contribution >= 4 is 7.82 Å². The van der Waals surface area contributed by atoms with Crippen molar-refractivity contribution in [3.05, 3.63) is 0 Å². The van der Waals surface area contributed by atoms with Crippen molar-refractivity contribution in [1.82, 2.24) is 10.6 Å². The number of hydrogen-bond donors (Lipinski definition) is 8. The molecule has 0 heterocycles. The molecule has 258 valence electrons. The number of phosphoric ester groups is 1. The lowest BCUT2D eigenvalue weighted by Crippen LogP contribution is -2.62. The SMILES string of the molecule is O=P(O)(O)OCCC(F)(F)CC(F)(F)CC(F)(F)C(F)(F)C(F)(F)C(F)(F)F.OCCNCCO.OCCNCCO. The Bertz CT molecular complexity index is 741. The van der Waals surface area contributed by atoms with Crippen LogP contribution in [-0.4, -0.2) is 125 Å². The second-order valence-electron chi connectivity index (χ2n) is 7.88. The molecule has 0 unspecified atom stereocenters. The standard InChI is InChI=1S/C10H10F13O4P.2C4H11NO2/c11-5(12,1-2-27-28(24,25)26)3-6(13,14)4-7(15,16)8(17,18)9(19,20)10(21,22)23;2*6-3-1-5-2-4-7/h1-4H2,(H2,24,25,26);2*5-7H,1-4H2. The van der Waals surface area contributed by atoms with Crippen molar-refractivity contribution in [2.45, 2.75) is 55.1 Å². The Labute approximate surface area is 230 Å². The van der Waals surface area contributed by atoms with Crippen molar-refractivity contribution in [2.75, 3.05) is 59.2 Å². The third-order valence-electron chi connectivity index (χ3n) is 4.09. The molecule has 0 aromatic heterocycles. The van der Waals surface area contributed by atoms with Crippen LogP contribution in [0.1, 0.15) is 19.3 Å². The first-order valence-electron chi connectivity index (χ1n) is 11.2. The molecule has 0 amide bonds. The molecule has 0 atom stereocenters. The minimum atomic E-state index is -7.46. The number of phosphoric acid groups is 1. The van der Waals surface area contributed by atoms with E-state index in [0.717, 1.165) is 0 Å². The summed E-state index contributed by atoms with van der Waals surface area (Å²) in [7, 11) is -5.32. The van der Waals surface area contributed by atoms with E-state index in [1.165, 1.54) is 0 Å². The molecule has 0 bridgehead atoms. The number of halogens is 13. The first-order chi connectivity index (χ1) is 18.7. The fourth-order valence-corrected chi connectivity index (χ4v) is 2.58. The van der Waals surface area contributed by atoms with Gasteiger partial charge in [0, 0.05) is 32.6 Å². The number of aliphatic hydroxyl groups excluding tert-OH is 4. The number of alkyl halides is 13. The van der Waals surface area contributed by atoms with Gasteiger partial charge in [-0.1, -0.05) is 0 Å². The van der Waals surface area contributed by atoms with E-state index in [-0.39, 0.29) is 26.4 Å². The summed E-state index contributed by atoms with van der Waals surface area (Å²) in [5.74, 6) is -32.0. The normalized spacial score (nSPS) is 13.7. The van der Waals surface area contributed by atoms with Gasteiger partial charge in [-0.3, -0.25) is 4.52 Å². The smallest absolute Gasteiger partial charge is 0.395 e. The first kappa shape index (κ1) is 45.4. The van der Waals surface area contributed by atoms with Crippen molar-refractivity contribution < 1.29 is 96.4 Å². The van der Waals surface area contributed by atoms with Gasteiger partial charge in [0.1, 0.15) is 0 Å². The molecule has 0 saturated heterocycles. The van der Waals surface area contributed by atoms with E-state index in [0.29, 0.717) is 26.2 Å². The predicted molar refractivity (Wildman–Crippen MR) is 117 cm³/mol. The average molecular weight is 682 g/mol. The van der Waals surface area contributed by atoms with E-state index in [1.54, 1.807) is 0 Å². The third kappa shape index (κ3) is 19.3. The molecule has 10 nitrogen and oxygen atoms in total. The summed E-state index contributed by atoms with van der Waals surface area (Å²) in [5, 5.41) is 38.2. The van der Waals surface area contributed by atoms with Crippen LogP contribution in [-0.2, 0) is 9.09 Å². The molecule has 24 heteroatoms. The lowest BCUT2D eigenvalue weighted by Gasteiger charge is -2.35. The van der Waals surface area contributed by atoms with Gasteiger partial charge in [-0.15, -0.1) is 0 Å². The maximum atomic E-state index is 13.3. The highest BCUT2D eigenvalue weighted by molar-refractivity contribution is 7.46. The van der Waals surface area contributed by atoms with Crippen LogP contribution in [0.15, 0.2) is 0 Å². The Balaban J connectivity index is -0.000000886. The Kier molecular flexibility index (Phi) is 20.9. The summed E-state index contributed by atoms with van der Waals surface area (Å²) in [6.45, 7) is 1.23. The quantitative estimate of drug-likeness (QED) is 0.0609. The molecule has 0 aromatic carbocycles. The molecule has 0 aliphatic carbocycles. The molecule has 0 aliphatic rings. The van der Waals surface area contributed by atoms with E-state index in [1.807, 2.05) is 0 Å². The van der Waals surface area contributed by atoms with Crippen LogP contribution in [0.25, 0.3) is 0 Å². The minimum absolute atomic E-state index is 0.139. The summed E-state index contributed by atoms with van der Waals surface area (Å²) < 4.78 is 179. The lowest BCUT2D eigenvalue weighted by atomic mass is 9.94. The van der Waals surface area contributed by atoms with Crippen LogP contribution in [0.3, 0.4) is 0 Å². The number of rotatable bonds is 18. The summed E-state index contributed by atoms with van der Waals surface area (Å²) in [4.78, 5) is 16.4. The molecule has 0 spiro atoms. The number of nitrogens with one attached hydrogen (secondary N) is 2. The summed E-state index contributed by atoms with van der Waals surface area (Å²) >= 11 is 0. The van der Waals surface area contributed by atoms with Gasteiger partial charge in [-0.25, -0.2) is 22.1 Å². The fraction of sp³-hybridized carbons (Fsp3) is 1.00. The summed E-state index contributed by atoms with van der Waals surface area (Å²) in [6.07, 6.45) is -16.0. The molecule has 0 saturated carbocycles. The van der Waals surface area contributed by atoms with Gasteiger partial charge in [0.15, 0.2) is 0 Å². The monoisotopic (exact) mass is 682 g/mol. The van der Waals surface area contributed by atoms with Gasteiger partial charge in [0.05, 0.1) is 45.9 Å². The van der Waals surface area contributed by atoms with Crippen molar-refractivity contribution in [3.8, 4) is 0 Å². The first-order valence-corrected chi connectivity index (χ1v) is 12.7. The Morgan fingerprint density at radius 2 is 0.929 bits per heavy atom. The van der Waals surface area contributed by atoms with Gasteiger partial charge in [0.2, 0.25) is 0 Å². The highest BCUT2D eigenvalue weighted by Gasteiger charge is 2.82. The van der Waals surface area contributed by atoms with E-state index in [9.17, 15) is 61.6 Å². The molecule has 42 heavy (non-hydrogen) atoms. The molecule has 0 rings (SSSR count). The van der Waals surface area contributed by atoms with Gasteiger partial charge < -0.3 is 40.8 Å². The molecule has 0 radical (unpaired) electrons. The van der Waals surface area contributed by atoms with Gasteiger partial charge in [-0.05, 0) is 0 Å². The Morgan fingerprint density at radius 1 is 0.571 bits per heavy atom. The highest BCUT2D eigenvalue weighted by Crippen LogP contribution is 2.56. The van der Waals surface area contributed by atoms with Crippen LogP contribution < -0.4 is 10.6 Å². The van der Waals surface area contributed by atoms with Crippen molar-refractivity contribution in [3.63, 3.8) is 0 Å². The molecule has 0 aromatic rings. The summed E-state index contributed by atoms with van der Waals surface area (Å²) in [6, 6.07) is 0. The van der Waals surface area contributed by atoms with E-state index in [4.69, 9.17) is 30.2 Å². The van der Waals surface area contributed by atoms with Crippen LogP contribution >= 0.6 is 7.82 Å². The van der Waals surface area contributed by atoms with E-state index < -0.39 is 69.5 Å². The third-order valence-corrected chi connectivity index (χ3v) is 4.61. The molecular formula is C18H32F13N2O8P. The maximum absolute atomic E-state index is 13.3. The second-order valence-corrected chi connectivity index (χ2v) is 9.12. The van der Waals surface area contributed by atoms with Crippen LogP contribution in [0.5, 0.6) is 0 Å². The van der Waals surface area contributed by atoms with E-state index >= 15 is 0 Å². The minimum Gasteiger partial charge on any atom is -0.395 e. The molecular weight excluding hydrogens is 650 g/mol. The highest BCUT2D eigenvalue weighted by atomic mass is 31.2. The van der Waals surface area contributed by atoms with Gasteiger partial charge in [-0.2, -0.15) is 39.5 Å². The predicted octanol–water partition coefficient (Wildman–Crippen LogP) is 2.13. The maximum Gasteiger partial charge on any atom is 0.469 e. The van der Waals surface area contributed by atoms with Crippen LogP contribution in [0, 0.1) is 0 Å². The van der Waals surface area contributed by atoms with Crippen LogP contribution in [0.2, 0.25) is 0 Å². The lowest BCUT2D eigenvalue weighted by molar-refractivity contribution is -0.401. The fourth-order valence-electron chi connectivity index (χ4n) is 2.25. The number of hydrogen-bond acceptors (Lipinski definition) is 8. The van der Waals surface area contributed by atoms with Crippen molar-refractivity contribution in [1.29, 1.82) is 0 Å². The van der Waals surface area contributed by atoms with E-state index in [2.05, 4.69) is 15.2 Å². The largest absolute Gasteiger partial charge is 0.469 e. The molecule has 0 fully saturated rings. The Morgan fingerprint density at radius 3 is 1.21 bits per heavy atom. The zero-order chi connectivity index (χ0) is 34.1. The average Bonchev–Trinajstić information content (AvgIpc) is 2.77. The zero-order valence-electron chi connectivity index (χ0n) is 21.3. The molecule has 8 N–H and O–H groups in total. The van der Waals surface area contributed by atoms with Crippen LogP contribution in [0.4, 0.5) is 57.1 Å². The molecule has 0 aliphatic heterocycles. The van der Waals surface area contributed by atoms with Gasteiger partial charge >= 0.3 is 31.8 Å². The summed E-state index contributed by atoms with van der Waals surface area (Å²) in [5.41, 5.74) is 0. The van der Waals surface area contributed by atoms with Crippen molar-refractivity contribution in [2.24, 2.45) is 0 Å². The second kappa shape index (κ2) is 19.4. The van der Waals surface area contributed by atoms with Gasteiger partial charge in [0.25, 0.3) is 11.8 Å². The topological polar surface area (TPSA) is 172 Å². The Hall–Kier alpha value is -1.04. The number of aliphatic hydroxyl groups is 4. The zero-order valence-corrected chi connectivity index (χ0v) is 22.2.